The van der Waals surface area contributed by atoms with E-state index in [1.165, 1.54) is 23.1 Å². The van der Waals surface area contributed by atoms with Crippen LogP contribution in [0.25, 0.3) is 0 Å². The Morgan fingerprint density at radius 2 is 1.76 bits per heavy atom. The third kappa shape index (κ3) is 3.45. The summed E-state index contributed by atoms with van der Waals surface area (Å²) in [6.45, 7) is 4.56. The van der Waals surface area contributed by atoms with Crippen molar-refractivity contribution < 1.29 is 5.11 Å². The maximum Gasteiger partial charge on any atom is 0.115 e. The number of fused-ring (bicyclic) bond motifs is 1. The molecule has 0 saturated heterocycles. The standard InChI is InChI=1S/C19H23NO/c1-15(6-7-16-8-10-19(21)11-9-16)20-13-12-17-4-2-3-5-18(17)14-20/h2-5,8-11,15,21H,6-7,12-14H2,1H3. The molecular weight excluding hydrogens is 258 g/mol. The second-order valence-corrected chi connectivity index (χ2v) is 6.04. The molecule has 1 unspecified atom stereocenters. The summed E-state index contributed by atoms with van der Waals surface area (Å²) in [7, 11) is 0. The second-order valence-electron chi connectivity index (χ2n) is 6.04. The van der Waals surface area contributed by atoms with Crippen LogP contribution in [0.15, 0.2) is 48.5 Å². The van der Waals surface area contributed by atoms with E-state index in [4.69, 9.17) is 0 Å². The minimum Gasteiger partial charge on any atom is -0.508 e. The van der Waals surface area contributed by atoms with E-state index in [2.05, 4.69) is 36.1 Å². The van der Waals surface area contributed by atoms with Crippen LogP contribution in [-0.4, -0.2) is 22.6 Å². The van der Waals surface area contributed by atoms with Crippen molar-refractivity contribution in [1.29, 1.82) is 0 Å². The molecule has 1 heterocycles. The Morgan fingerprint density at radius 1 is 1.05 bits per heavy atom. The first-order valence-corrected chi connectivity index (χ1v) is 7.81. The number of nitrogens with zero attached hydrogens (tertiary/aromatic N) is 1. The molecule has 2 nitrogen and oxygen atoms in total. The molecule has 110 valence electrons. The zero-order chi connectivity index (χ0) is 14.7. The summed E-state index contributed by atoms with van der Waals surface area (Å²) < 4.78 is 0. The summed E-state index contributed by atoms with van der Waals surface area (Å²) in [5.74, 6) is 0.347. The molecule has 0 radical (unpaired) electrons. The topological polar surface area (TPSA) is 23.5 Å². The molecule has 0 spiro atoms. The molecule has 21 heavy (non-hydrogen) atoms. The second kappa shape index (κ2) is 6.31. The van der Waals surface area contributed by atoms with Gasteiger partial charge in [0.25, 0.3) is 0 Å². The smallest absolute Gasteiger partial charge is 0.115 e. The van der Waals surface area contributed by atoms with E-state index in [-0.39, 0.29) is 0 Å². The maximum absolute atomic E-state index is 9.32. The van der Waals surface area contributed by atoms with E-state index in [0.717, 1.165) is 25.9 Å². The summed E-state index contributed by atoms with van der Waals surface area (Å²) in [5, 5.41) is 9.32. The number of rotatable bonds is 4. The van der Waals surface area contributed by atoms with Gasteiger partial charge in [-0.25, -0.2) is 0 Å². The minimum atomic E-state index is 0.347. The van der Waals surface area contributed by atoms with Crippen molar-refractivity contribution >= 4 is 0 Å². The quantitative estimate of drug-likeness (QED) is 0.922. The number of hydrogen-bond donors (Lipinski definition) is 1. The summed E-state index contributed by atoms with van der Waals surface area (Å²) in [6, 6.07) is 17.0. The predicted octanol–water partition coefficient (Wildman–Crippen LogP) is 3.77. The van der Waals surface area contributed by atoms with Crippen molar-refractivity contribution in [2.24, 2.45) is 0 Å². The fraction of sp³-hybridized carbons (Fsp3) is 0.368. The number of phenolic OH excluding ortho intramolecular Hbond substituents is 1. The molecule has 0 amide bonds. The van der Waals surface area contributed by atoms with Gasteiger partial charge in [-0.3, -0.25) is 4.90 Å². The van der Waals surface area contributed by atoms with Crippen LogP contribution in [0.3, 0.4) is 0 Å². The summed E-state index contributed by atoms with van der Waals surface area (Å²) in [5.41, 5.74) is 4.30. The van der Waals surface area contributed by atoms with Crippen molar-refractivity contribution in [3.05, 3.63) is 65.2 Å². The van der Waals surface area contributed by atoms with E-state index in [9.17, 15) is 5.11 Å². The first-order valence-electron chi connectivity index (χ1n) is 7.81. The third-order valence-electron chi connectivity index (χ3n) is 4.57. The summed E-state index contributed by atoms with van der Waals surface area (Å²) in [6.07, 6.45) is 3.40. The third-order valence-corrected chi connectivity index (χ3v) is 4.57. The van der Waals surface area contributed by atoms with Crippen LogP contribution >= 0.6 is 0 Å². The molecular formula is C19H23NO. The van der Waals surface area contributed by atoms with Crippen LogP contribution in [0.4, 0.5) is 0 Å². The number of hydrogen-bond acceptors (Lipinski definition) is 2. The lowest BCUT2D eigenvalue weighted by atomic mass is 9.97. The lowest BCUT2D eigenvalue weighted by Crippen LogP contribution is -2.37. The average molecular weight is 281 g/mol. The Hall–Kier alpha value is -1.80. The van der Waals surface area contributed by atoms with Crippen LogP contribution in [0.2, 0.25) is 0 Å². The van der Waals surface area contributed by atoms with Gasteiger partial charge < -0.3 is 5.11 Å². The van der Waals surface area contributed by atoms with Crippen molar-refractivity contribution in [1.82, 2.24) is 4.90 Å². The Balaban J connectivity index is 1.57. The molecule has 0 aliphatic carbocycles. The Labute approximate surface area is 127 Å². The molecule has 3 rings (SSSR count). The van der Waals surface area contributed by atoms with Gasteiger partial charge in [-0.05, 0) is 55.0 Å². The van der Waals surface area contributed by atoms with Crippen molar-refractivity contribution in [2.75, 3.05) is 6.54 Å². The highest BCUT2D eigenvalue weighted by Crippen LogP contribution is 2.22. The Bertz CT molecular complexity index is 591. The monoisotopic (exact) mass is 281 g/mol. The number of aromatic hydroxyl groups is 1. The normalized spacial score (nSPS) is 16.4. The highest BCUT2D eigenvalue weighted by atomic mass is 16.3. The van der Waals surface area contributed by atoms with E-state index in [1.54, 1.807) is 12.1 Å². The zero-order valence-electron chi connectivity index (χ0n) is 12.6. The lowest BCUT2D eigenvalue weighted by Gasteiger charge is -2.33. The fourth-order valence-electron chi connectivity index (χ4n) is 3.11. The molecule has 0 aromatic heterocycles. The molecule has 1 aliphatic heterocycles. The molecule has 2 aromatic carbocycles. The number of benzene rings is 2. The fourth-order valence-corrected chi connectivity index (χ4v) is 3.11. The molecule has 0 saturated carbocycles. The van der Waals surface area contributed by atoms with Gasteiger partial charge in [0, 0.05) is 19.1 Å². The van der Waals surface area contributed by atoms with Gasteiger partial charge >= 0.3 is 0 Å². The molecule has 2 heteroatoms. The van der Waals surface area contributed by atoms with Crippen LogP contribution < -0.4 is 0 Å². The highest BCUT2D eigenvalue weighted by molar-refractivity contribution is 5.29. The van der Waals surface area contributed by atoms with Gasteiger partial charge in [0.2, 0.25) is 0 Å². The number of phenols is 1. The van der Waals surface area contributed by atoms with Crippen LogP contribution in [-0.2, 0) is 19.4 Å². The SMILES string of the molecule is CC(CCc1ccc(O)cc1)N1CCc2ccccc2C1. The highest BCUT2D eigenvalue weighted by Gasteiger charge is 2.19. The largest absolute Gasteiger partial charge is 0.508 e. The van der Waals surface area contributed by atoms with Gasteiger partial charge in [0.05, 0.1) is 0 Å². The van der Waals surface area contributed by atoms with Crippen molar-refractivity contribution in [3.63, 3.8) is 0 Å². The summed E-state index contributed by atoms with van der Waals surface area (Å²) in [4.78, 5) is 2.59. The Morgan fingerprint density at radius 3 is 2.52 bits per heavy atom. The van der Waals surface area contributed by atoms with Gasteiger partial charge in [0.15, 0.2) is 0 Å². The van der Waals surface area contributed by atoms with Crippen LogP contribution in [0.5, 0.6) is 5.75 Å². The van der Waals surface area contributed by atoms with Gasteiger partial charge in [-0.15, -0.1) is 0 Å². The predicted molar refractivity (Wildman–Crippen MR) is 86.4 cm³/mol. The molecule has 1 atom stereocenters. The molecule has 0 fully saturated rings. The lowest BCUT2D eigenvalue weighted by molar-refractivity contribution is 0.182. The first kappa shape index (κ1) is 14.2. The zero-order valence-corrected chi connectivity index (χ0v) is 12.6. The van der Waals surface area contributed by atoms with Crippen LogP contribution in [0.1, 0.15) is 30.0 Å². The van der Waals surface area contributed by atoms with E-state index in [0.29, 0.717) is 11.8 Å². The van der Waals surface area contributed by atoms with Crippen LogP contribution in [0, 0.1) is 0 Å². The van der Waals surface area contributed by atoms with E-state index >= 15 is 0 Å². The first-order chi connectivity index (χ1) is 10.2. The number of aryl methyl sites for hydroxylation is 1. The van der Waals surface area contributed by atoms with E-state index < -0.39 is 0 Å². The minimum absolute atomic E-state index is 0.347. The van der Waals surface area contributed by atoms with Crippen molar-refractivity contribution in [3.8, 4) is 5.75 Å². The van der Waals surface area contributed by atoms with Gasteiger partial charge in [-0.2, -0.15) is 0 Å². The molecule has 1 N–H and O–H groups in total. The van der Waals surface area contributed by atoms with Gasteiger partial charge in [0.1, 0.15) is 5.75 Å². The molecule has 0 bridgehead atoms. The van der Waals surface area contributed by atoms with Gasteiger partial charge in [-0.1, -0.05) is 36.4 Å². The van der Waals surface area contributed by atoms with E-state index in [1.807, 2.05) is 12.1 Å². The molecule has 2 aromatic rings. The maximum atomic E-state index is 9.32. The Kier molecular flexibility index (Phi) is 4.26. The average Bonchev–Trinajstić information content (AvgIpc) is 2.53. The molecule has 1 aliphatic rings. The summed E-state index contributed by atoms with van der Waals surface area (Å²) >= 11 is 0. The van der Waals surface area contributed by atoms with Crippen molar-refractivity contribution in [2.45, 2.75) is 38.8 Å².